The van der Waals surface area contributed by atoms with Gasteiger partial charge in [-0.1, -0.05) is 0 Å². The van der Waals surface area contributed by atoms with Crippen LogP contribution in [0.15, 0.2) is 0 Å². The number of piperidine rings is 1. The molecule has 2 saturated heterocycles. The summed E-state index contributed by atoms with van der Waals surface area (Å²) in [5, 5.41) is 13.2. The number of carbonyl (C=O) groups excluding carboxylic acids is 1. The van der Waals surface area contributed by atoms with Gasteiger partial charge in [0.05, 0.1) is 0 Å². The number of aromatic amines is 1. The number of nitrogens with zero attached hydrogens (tertiary/aromatic N) is 5. The van der Waals surface area contributed by atoms with Crippen LogP contribution < -0.4 is 0 Å². The zero-order valence-corrected chi connectivity index (χ0v) is 10.4. The Labute approximate surface area is 106 Å². The van der Waals surface area contributed by atoms with Crippen LogP contribution in [0.2, 0.25) is 0 Å². The standard InChI is InChI=1S/C11H18N6O/c18-11(10-12-14-15-13-10)17-7-3-9(4-8-17)16-5-1-2-6-16/h9H,1-8H2,(H,12,13,14,15). The van der Waals surface area contributed by atoms with Gasteiger partial charge in [0.15, 0.2) is 0 Å². The summed E-state index contributed by atoms with van der Waals surface area (Å²) in [5.41, 5.74) is 0. The van der Waals surface area contributed by atoms with Crippen molar-refractivity contribution in [3.05, 3.63) is 5.82 Å². The van der Waals surface area contributed by atoms with E-state index in [4.69, 9.17) is 0 Å². The van der Waals surface area contributed by atoms with E-state index in [2.05, 4.69) is 25.5 Å². The van der Waals surface area contributed by atoms with E-state index in [-0.39, 0.29) is 11.7 Å². The van der Waals surface area contributed by atoms with Crippen LogP contribution in [-0.4, -0.2) is 68.6 Å². The van der Waals surface area contributed by atoms with E-state index in [9.17, 15) is 4.79 Å². The highest BCUT2D eigenvalue weighted by Gasteiger charge is 2.29. The molecule has 0 atom stereocenters. The van der Waals surface area contributed by atoms with E-state index in [0.717, 1.165) is 25.9 Å². The van der Waals surface area contributed by atoms with Crippen LogP contribution >= 0.6 is 0 Å². The van der Waals surface area contributed by atoms with Crippen LogP contribution in [0.5, 0.6) is 0 Å². The first kappa shape index (κ1) is 11.6. The van der Waals surface area contributed by atoms with Crippen LogP contribution in [-0.2, 0) is 0 Å². The van der Waals surface area contributed by atoms with Crippen molar-refractivity contribution >= 4 is 5.91 Å². The van der Waals surface area contributed by atoms with Crippen LogP contribution in [0.4, 0.5) is 0 Å². The lowest BCUT2D eigenvalue weighted by Crippen LogP contribution is -2.46. The van der Waals surface area contributed by atoms with E-state index >= 15 is 0 Å². The molecule has 3 rings (SSSR count). The van der Waals surface area contributed by atoms with Crippen molar-refractivity contribution in [3.63, 3.8) is 0 Å². The van der Waals surface area contributed by atoms with E-state index in [1.807, 2.05) is 4.90 Å². The summed E-state index contributed by atoms with van der Waals surface area (Å²) < 4.78 is 0. The van der Waals surface area contributed by atoms with E-state index in [1.54, 1.807) is 0 Å². The maximum Gasteiger partial charge on any atom is 0.295 e. The first-order chi connectivity index (χ1) is 8.84. The van der Waals surface area contributed by atoms with Gasteiger partial charge in [-0.2, -0.15) is 5.21 Å². The molecule has 2 aliphatic heterocycles. The molecule has 2 aliphatic rings. The van der Waals surface area contributed by atoms with Crippen LogP contribution in [0.25, 0.3) is 0 Å². The van der Waals surface area contributed by atoms with Crippen molar-refractivity contribution in [2.75, 3.05) is 26.2 Å². The molecule has 7 heteroatoms. The highest BCUT2D eigenvalue weighted by Crippen LogP contribution is 2.21. The molecule has 0 aromatic carbocycles. The van der Waals surface area contributed by atoms with Gasteiger partial charge in [0.1, 0.15) is 0 Å². The maximum atomic E-state index is 12.0. The van der Waals surface area contributed by atoms with Gasteiger partial charge in [0.2, 0.25) is 0 Å². The Balaban J connectivity index is 1.55. The molecule has 0 spiro atoms. The molecule has 7 nitrogen and oxygen atoms in total. The number of aromatic nitrogens is 4. The monoisotopic (exact) mass is 250 g/mol. The van der Waals surface area contributed by atoms with Crippen molar-refractivity contribution < 1.29 is 4.79 Å². The van der Waals surface area contributed by atoms with Gasteiger partial charge in [-0.25, -0.2) is 0 Å². The zero-order chi connectivity index (χ0) is 12.4. The molecule has 0 aliphatic carbocycles. The number of hydrogen-bond donors (Lipinski definition) is 1. The Kier molecular flexibility index (Phi) is 3.22. The molecule has 1 N–H and O–H groups in total. The molecule has 0 bridgehead atoms. The minimum atomic E-state index is -0.108. The fourth-order valence-corrected chi connectivity index (χ4v) is 2.93. The Morgan fingerprint density at radius 1 is 1.17 bits per heavy atom. The second-order valence-electron chi connectivity index (χ2n) is 5.00. The van der Waals surface area contributed by atoms with Gasteiger partial charge in [0.25, 0.3) is 11.7 Å². The Bertz CT molecular complexity index is 392. The predicted octanol–water partition coefficient (Wildman–Crippen LogP) is -0.0999. The molecule has 0 saturated carbocycles. The number of nitrogens with one attached hydrogen (secondary N) is 1. The summed E-state index contributed by atoms with van der Waals surface area (Å²) in [7, 11) is 0. The lowest BCUT2D eigenvalue weighted by atomic mass is 10.0. The molecule has 98 valence electrons. The fraction of sp³-hybridized carbons (Fsp3) is 0.818. The smallest absolute Gasteiger partial charge is 0.295 e. The van der Waals surface area contributed by atoms with Crippen molar-refractivity contribution in [2.45, 2.75) is 31.7 Å². The van der Waals surface area contributed by atoms with Crippen molar-refractivity contribution in [3.8, 4) is 0 Å². The third kappa shape index (κ3) is 2.22. The minimum absolute atomic E-state index is 0.108. The molecule has 3 heterocycles. The van der Waals surface area contributed by atoms with Crippen LogP contribution in [0, 0.1) is 0 Å². The number of H-pyrrole nitrogens is 1. The Morgan fingerprint density at radius 2 is 1.89 bits per heavy atom. The average molecular weight is 250 g/mol. The summed E-state index contributed by atoms with van der Waals surface area (Å²) in [6.45, 7) is 4.05. The topological polar surface area (TPSA) is 78.0 Å². The first-order valence-electron chi connectivity index (χ1n) is 6.61. The predicted molar refractivity (Wildman–Crippen MR) is 63.9 cm³/mol. The molecular formula is C11H18N6O. The second-order valence-corrected chi connectivity index (χ2v) is 5.00. The summed E-state index contributed by atoms with van der Waals surface area (Å²) >= 11 is 0. The molecule has 0 unspecified atom stereocenters. The van der Waals surface area contributed by atoms with Crippen molar-refractivity contribution in [2.24, 2.45) is 0 Å². The van der Waals surface area contributed by atoms with Crippen LogP contribution in [0.1, 0.15) is 36.3 Å². The molecule has 2 fully saturated rings. The maximum absolute atomic E-state index is 12.0. The third-order valence-electron chi connectivity index (χ3n) is 3.95. The molecule has 1 amide bonds. The largest absolute Gasteiger partial charge is 0.336 e. The Hall–Kier alpha value is -1.50. The summed E-state index contributed by atoms with van der Waals surface area (Å²) in [4.78, 5) is 16.4. The highest BCUT2D eigenvalue weighted by atomic mass is 16.2. The fourth-order valence-electron chi connectivity index (χ4n) is 2.93. The third-order valence-corrected chi connectivity index (χ3v) is 3.95. The Morgan fingerprint density at radius 3 is 2.50 bits per heavy atom. The van der Waals surface area contributed by atoms with Crippen LogP contribution in [0.3, 0.4) is 0 Å². The number of rotatable bonds is 2. The minimum Gasteiger partial charge on any atom is -0.336 e. The van der Waals surface area contributed by atoms with Gasteiger partial charge >= 0.3 is 0 Å². The number of likely N-dealkylation sites (tertiary alicyclic amines) is 2. The molecule has 0 radical (unpaired) electrons. The van der Waals surface area contributed by atoms with Gasteiger partial charge < -0.3 is 9.80 Å². The average Bonchev–Trinajstić information content (AvgIpc) is 3.11. The molecular weight excluding hydrogens is 232 g/mol. The van der Waals surface area contributed by atoms with E-state index in [1.165, 1.54) is 25.9 Å². The second kappa shape index (κ2) is 5.01. The quantitative estimate of drug-likeness (QED) is 0.793. The summed E-state index contributed by atoms with van der Waals surface area (Å²) in [6.07, 6.45) is 4.76. The summed E-state index contributed by atoms with van der Waals surface area (Å²) in [5.74, 6) is 0.0678. The normalized spacial score (nSPS) is 22.6. The van der Waals surface area contributed by atoms with Crippen molar-refractivity contribution in [1.29, 1.82) is 0 Å². The zero-order valence-electron chi connectivity index (χ0n) is 10.4. The van der Waals surface area contributed by atoms with Gasteiger partial charge in [0, 0.05) is 19.1 Å². The van der Waals surface area contributed by atoms with E-state index in [0.29, 0.717) is 6.04 Å². The lowest BCUT2D eigenvalue weighted by molar-refractivity contribution is 0.0632. The number of carbonyl (C=O) groups is 1. The molecule has 1 aromatic heterocycles. The van der Waals surface area contributed by atoms with Gasteiger partial charge in [-0.05, 0) is 44.0 Å². The number of tetrazole rings is 1. The first-order valence-corrected chi connectivity index (χ1v) is 6.61. The molecule has 18 heavy (non-hydrogen) atoms. The van der Waals surface area contributed by atoms with Gasteiger partial charge in [-0.15, -0.1) is 10.2 Å². The number of amides is 1. The van der Waals surface area contributed by atoms with Crippen molar-refractivity contribution in [1.82, 2.24) is 30.4 Å². The highest BCUT2D eigenvalue weighted by molar-refractivity contribution is 5.90. The number of hydrogen-bond acceptors (Lipinski definition) is 5. The van der Waals surface area contributed by atoms with E-state index < -0.39 is 0 Å². The lowest BCUT2D eigenvalue weighted by Gasteiger charge is -2.36. The SMILES string of the molecule is O=C(c1nn[nH]n1)N1CCC(N2CCCC2)CC1. The van der Waals surface area contributed by atoms with Gasteiger partial charge in [-0.3, -0.25) is 4.79 Å². The molecule has 1 aromatic rings. The summed E-state index contributed by atoms with van der Waals surface area (Å²) in [6, 6.07) is 0.654.